The number of halogens is 1. The van der Waals surface area contributed by atoms with Crippen molar-refractivity contribution in [3.8, 4) is 5.75 Å². The molecule has 1 aliphatic heterocycles. The maximum Gasteiger partial charge on any atom is 0.333 e. The number of carbonyl (C=O) groups excluding carboxylic acids is 2. The molecular formula is C14H16BrNO4. The summed E-state index contributed by atoms with van der Waals surface area (Å²) in [7, 11) is 1.30. The summed E-state index contributed by atoms with van der Waals surface area (Å²) in [6.45, 7) is 0.519. The zero-order chi connectivity index (χ0) is 14.7. The Bertz CT molecular complexity index is 502. The maximum atomic E-state index is 12.1. The zero-order valence-electron chi connectivity index (χ0n) is 11.1. The second-order valence-electron chi connectivity index (χ2n) is 4.79. The standard InChI is InChI=1S/C14H16BrNO4/c1-20-14(19)13(10-2-4-11(17)5-3-10)16-8-9(7-15)6-12(16)18/h2-5,9,13,17H,6-8H2,1H3/t9?,13-/m1/s1. The molecule has 2 rings (SSSR count). The van der Waals surface area contributed by atoms with Gasteiger partial charge in [-0.2, -0.15) is 0 Å². The highest BCUT2D eigenvalue weighted by molar-refractivity contribution is 9.09. The monoisotopic (exact) mass is 341 g/mol. The Balaban J connectivity index is 2.31. The van der Waals surface area contributed by atoms with Gasteiger partial charge in [-0.15, -0.1) is 0 Å². The van der Waals surface area contributed by atoms with E-state index in [9.17, 15) is 14.7 Å². The number of methoxy groups -OCH3 is 1. The largest absolute Gasteiger partial charge is 0.508 e. The predicted octanol–water partition coefficient (Wildman–Crippen LogP) is 1.85. The van der Waals surface area contributed by atoms with E-state index in [1.54, 1.807) is 17.0 Å². The van der Waals surface area contributed by atoms with Gasteiger partial charge in [0.25, 0.3) is 0 Å². The van der Waals surface area contributed by atoms with Crippen molar-refractivity contribution >= 4 is 27.8 Å². The van der Waals surface area contributed by atoms with Crippen molar-refractivity contribution in [2.24, 2.45) is 5.92 Å². The van der Waals surface area contributed by atoms with Crippen molar-refractivity contribution < 1.29 is 19.4 Å². The van der Waals surface area contributed by atoms with E-state index in [4.69, 9.17) is 4.74 Å². The van der Waals surface area contributed by atoms with E-state index in [1.807, 2.05) is 0 Å². The molecule has 0 bridgehead atoms. The average Bonchev–Trinajstić information content (AvgIpc) is 2.82. The SMILES string of the molecule is COC(=O)[C@@H](c1ccc(O)cc1)N1CC(CBr)CC1=O. The van der Waals surface area contributed by atoms with Crippen molar-refractivity contribution in [1.82, 2.24) is 4.90 Å². The van der Waals surface area contributed by atoms with Crippen LogP contribution in [0.25, 0.3) is 0 Å². The first-order chi connectivity index (χ1) is 9.56. The van der Waals surface area contributed by atoms with Gasteiger partial charge in [0.1, 0.15) is 5.75 Å². The number of likely N-dealkylation sites (tertiary alicyclic amines) is 1. The Hall–Kier alpha value is -1.56. The van der Waals surface area contributed by atoms with Gasteiger partial charge < -0.3 is 14.7 Å². The molecule has 1 aromatic rings. The molecular weight excluding hydrogens is 326 g/mol. The van der Waals surface area contributed by atoms with Crippen LogP contribution < -0.4 is 0 Å². The summed E-state index contributed by atoms with van der Waals surface area (Å²) in [6, 6.07) is 5.50. The van der Waals surface area contributed by atoms with Crippen LogP contribution in [0, 0.1) is 5.92 Å². The summed E-state index contributed by atoms with van der Waals surface area (Å²) >= 11 is 3.37. The van der Waals surface area contributed by atoms with Gasteiger partial charge in [-0.05, 0) is 23.6 Å². The quantitative estimate of drug-likeness (QED) is 0.670. The summed E-state index contributed by atoms with van der Waals surface area (Å²) in [5.74, 6) is -0.215. The fraction of sp³-hybridized carbons (Fsp3) is 0.429. The van der Waals surface area contributed by atoms with Crippen LogP contribution in [-0.4, -0.2) is 40.9 Å². The highest BCUT2D eigenvalue weighted by Crippen LogP contribution is 2.31. The zero-order valence-corrected chi connectivity index (χ0v) is 12.7. The third-order valence-electron chi connectivity index (χ3n) is 3.40. The Morgan fingerprint density at radius 2 is 2.15 bits per heavy atom. The second kappa shape index (κ2) is 6.26. The Kier molecular flexibility index (Phi) is 4.65. The van der Waals surface area contributed by atoms with Crippen LogP contribution in [0.5, 0.6) is 5.75 Å². The molecule has 1 aliphatic rings. The fourth-order valence-corrected chi connectivity index (χ4v) is 2.81. The van der Waals surface area contributed by atoms with E-state index in [0.717, 1.165) is 5.33 Å². The van der Waals surface area contributed by atoms with Crippen molar-refractivity contribution in [1.29, 1.82) is 0 Å². The molecule has 6 heteroatoms. The molecule has 0 aliphatic carbocycles. The van der Waals surface area contributed by atoms with Gasteiger partial charge >= 0.3 is 5.97 Å². The molecule has 1 fully saturated rings. The molecule has 1 aromatic carbocycles. The van der Waals surface area contributed by atoms with Crippen molar-refractivity contribution in [3.63, 3.8) is 0 Å². The minimum atomic E-state index is -0.753. The van der Waals surface area contributed by atoms with E-state index in [1.165, 1.54) is 19.2 Å². The molecule has 0 saturated carbocycles. The number of nitrogens with zero attached hydrogens (tertiary/aromatic N) is 1. The summed E-state index contributed by atoms with van der Waals surface area (Å²) in [5, 5.41) is 10.0. The number of benzene rings is 1. The minimum Gasteiger partial charge on any atom is -0.508 e. The number of esters is 1. The number of hydrogen-bond donors (Lipinski definition) is 1. The van der Waals surface area contributed by atoms with Crippen molar-refractivity contribution in [2.75, 3.05) is 19.0 Å². The Morgan fingerprint density at radius 3 is 2.65 bits per heavy atom. The number of ether oxygens (including phenoxy) is 1. The average molecular weight is 342 g/mol. The lowest BCUT2D eigenvalue weighted by Crippen LogP contribution is -2.36. The molecule has 0 aromatic heterocycles. The summed E-state index contributed by atoms with van der Waals surface area (Å²) in [6.07, 6.45) is 0.427. The first-order valence-electron chi connectivity index (χ1n) is 6.29. The highest BCUT2D eigenvalue weighted by Gasteiger charge is 2.38. The molecule has 1 amide bonds. The molecule has 5 nitrogen and oxygen atoms in total. The maximum absolute atomic E-state index is 12.1. The molecule has 20 heavy (non-hydrogen) atoms. The lowest BCUT2D eigenvalue weighted by molar-refractivity contribution is -0.151. The van der Waals surface area contributed by atoms with Gasteiger partial charge in [-0.1, -0.05) is 28.1 Å². The number of aromatic hydroxyl groups is 1. The van der Waals surface area contributed by atoms with Crippen molar-refractivity contribution in [3.05, 3.63) is 29.8 Å². The van der Waals surface area contributed by atoms with Gasteiger partial charge in [-0.3, -0.25) is 4.79 Å². The first kappa shape index (κ1) is 14.8. The number of carbonyl (C=O) groups is 2. The summed E-state index contributed by atoms with van der Waals surface area (Å²) < 4.78 is 4.82. The number of alkyl halides is 1. The highest BCUT2D eigenvalue weighted by atomic mass is 79.9. The summed E-state index contributed by atoms with van der Waals surface area (Å²) in [4.78, 5) is 25.7. The number of hydrogen-bond acceptors (Lipinski definition) is 4. The smallest absolute Gasteiger partial charge is 0.333 e. The fourth-order valence-electron chi connectivity index (χ4n) is 2.37. The van der Waals surface area contributed by atoms with Crippen LogP contribution >= 0.6 is 15.9 Å². The molecule has 108 valence electrons. The minimum absolute atomic E-state index is 0.0575. The molecule has 1 heterocycles. The third kappa shape index (κ3) is 2.95. The number of amides is 1. The molecule has 2 atom stereocenters. The van der Waals surface area contributed by atoms with E-state index in [2.05, 4.69) is 15.9 Å². The van der Waals surface area contributed by atoms with Crippen LogP contribution in [0.3, 0.4) is 0 Å². The van der Waals surface area contributed by atoms with Gasteiger partial charge in [-0.25, -0.2) is 4.79 Å². The van der Waals surface area contributed by atoms with E-state index < -0.39 is 12.0 Å². The number of rotatable bonds is 4. The first-order valence-corrected chi connectivity index (χ1v) is 7.41. The second-order valence-corrected chi connectivity index (χ2v) is 5.44. The molecule has 1 saturated heterocycles. The van der Waals surface area contributed by atoms with Crippen LogP contribution in [-0.2, 0) is 14.3 Å². The topological polar surface area (TPSA) is 66.8 Å². The normalized spacial score (nSPS) is 20.0. The molecule has 0 radical (unpaired) electrons. The Morgan fingerprint density at radius 1 is 1.50 bits per heavy atom. The van der Waals surface area contributed by atoms with E-state index >= 15 is 0 Å². The van der Waals surface area contributed by atoms with E-state index in [0.29, 0.717) is 18.5 Å². The van der Waals surface area contributed by atoms with Gasteiger partial charge in [0, 0.05) is 18.3 Å². The van der Waals surface area contributed by atoms with Crippen LogP contribution in [0.1, 0.15) is 18.0 Å². The van der Waals surface area contributed by atoms with Crippen molar-refractivity contribution in [2.45, 2.75) is 12.5 Å². The molecule has 1 N–H and O–H groups in total. The number of phenols is 1. The third-order valence-corrected chi connectivity index (χ3v) is 4.32. The van der Waals surface area contributed by atoms with Crippen LogP contribution in [0.15, 0.2) is 24.3 Å². The predicted molar refractivity (Wildman–Crippen MR) is 76.5 cm³/mol. The van der Waals surface area contributed by atoms with Gasteiger partial charge in [0.15, 0.2) is 6.04 Å². The lowest BCUT2D eigenvalue weighted by atomic mass is 10.1. The molecule has 0 spiro atoms. The summed E-state index contributed by atoms with van der Waals surface area (Å²) in [5.41, 5.74) is 0.637. The lowest BCUT2D eigenvalue weighted by Gasteiger charge is -2.26. The van der Waals surface area contributed by atoms with Crippen LogP contribution in [0.2, 0.25) is 0 Å². The number of phenolic OH excluding ortho intramolecular Hbond substituents is 1. The van der Waals surface area contributed by atoms with Crippen LogP contribution in [0.4, 0.5) is 0 Å². The Labute approximate surface area is 125 Å². The molecule has 1 unspecified atom stereocenters. The van der Waals surface area contributed by atoms with Gasteiger partial charge in [0.05, 0.1) is 7.11 Å². The van der Waals surface area contributed by atoms with Gasteiger partial charge in [0.2, 0.25) is 5.91 Å². The van der Waals surface area contributed by atoms with E-state index in [-0.39, 0.29) is 17.6 Å².